The van der Waals surface area contributed by atoms with Crippen molar-refractivity contribution in [2.24, 2.45) is 5.92 Å². The summed E-state index contributed by atoms with van der Waals surface area (Å²) in [5, 5.41) is 12.2. The van der Waals surface area contributed by atoms with Gasteiger partial charge in [-0.15, -0.1) is 0 Å². The maximum Gasteiger partial charge on any atom is 0.326 e. The highest BCUT2D eigenvalue weighted by atomic mass is 35.5. The number of nitrogens with one attached hydrogen (secondary N) is 1. The SMILES string of the molecule is CC(C)[C@H](NC(=O)CCCc1ccc(Cl)cc1)C(=O)O. The normalized spacial score (nSPS) is 12.2. The topological polar surface area (TPSA) is 66.4 Å². The van der Waals surface area contributed by atoms with Crippen LogP contribution in [0.5, 0.6) is 0 Å². The molecular formula is C15H20ClNO3. The predicted octanol–water partition coefficient (Wildman–Crippen LogP) is 2.89. The van der Waals surface area contributed by atoms with Gasteiger partial charge in [0, 0.05) is 11.4 Å². The maximum atomic E-state index is 11.7. The van der Waals surface area contributed by atoms with Crippen LogP contribution in [0.3, 0.4) is 0 Å². The molecule has 0 aromatic heterocycles. The van der Waals surface area contributed by atoms with E-state index in [2.05, 4.69) is 5.32 Å². The Kier molecular flexibility index (Phi) is 6.52. The van der Waals surface area contributed by atoms with Gasteiger partial charge in [-0.25, -0.2) is 4.79 Å². The molecule has 0 spiro atoms. The van der Waals surface area contributed by atoms with Crippen LogP contribution in [0.15, 0.2) is 24.3 Å². The number of rotatable bonds is 7. The monoisotopic (exact) mass is 297 g/mol. The van der Waals surface area contributed by atoms with Gasteiger partial charge in [0.15, 0.2) is 0 Å². The molecule has 4 nitrogen and oxygen atoms in total. The summed E-state index contributed by atoms with van der Waals surface area (Å²) < 4.78 is 0. The van der Waals surface area contributed by atoms with E-state index in [0.29, 0.717) is 17.9 Å². The Morgan fingerprint density at radius 2 is 1.85 bits per heavy atom. The number of carboxylic acids is 1. The number of benzene rings is 1. The van der Waals surface area contributed by atoms with Gasteiger partial charge in [0.05, 0.1) is 0 Å². The Morgan fingerprint density at radius 3 is 2.35 bits per heavy atom. The highest BCUT2D eigenvalue weighted by Crippen LogP contribution is 2.11. The molecule has 0 aliphatic heterocycles. The quantitative estimate of drug-likeness (QED) is 0.813. The van der Waals surface area contributed by atoms with Crippen LogP contribution >= 0.6 is 11.6 Å². The predicted molar refractivity (Wildman–Crippen MR) is 78.8 cm³/mol. The van der Waals surface area contributed by atoms with E-state index in [1.807, 2.05) is 24.3 Å². The molecule has 0 saturated carbocycles. The smallest absolute Gasteiger partial charge is 0.326 e. The molecule has 0 fully saturated rings. The fourth-order valence-corrected chi connectivity index (χ4v) is 1.99. The summed E-state index contributed by atoms with van der Waals surface area (Å²) in [5.74, 6) is -1.35. The van der Waals surface area contributed by atoms with Crippen molar-refractivity contribution in [2.75, 3.05) is 0 Å². The first kappa shape index (κ1) is 16.5. The van der Waals surface area contributed by atoms with Crippen LogP contribution in [0.25, 0.3) is 0 Å². The molecule has 2 N–H and O–H groups in total. The summed E-state index contributed by atoms with van der Waals surface area (Å²) >= 11 is 5.79. The highest BCUT2D eigenvalue weighted by molar-refractivity contribution is 6.30. The summed E-state index contributed by atoms with van der Waals surface area (Å²) in [6.45, 7) is 3.54. The van der Waals surface area contributed by atoms with Gasteiger partial charge in [-0.3, -0.25) is 4.79 Å². The van der Waals surface area contributed by atoms with E-state index in [-0.39, 0.29) is 11.8 Å². The van der Waals surface area contributed by atoms with Crippen LogP contribution in [0.2, 0.25) is 5.02 Å². The van der Waals surface area contributed by atoms with Gasteiger partial charge < -0.3 is 10.4 Å². The fourth-order valence-electron chi connectivity index (χ4n) is 1.86. The Bertz CT molecular complexity index is 457. The van der Waals surface area contributed by atoms with Gasteiger partial charge in [0.1, 0.15) is 6.04 Å². The molecule has 0 heterocycles. The van der Waals surface area contributed by atoms with Crippen molar-refractivity contribution in [3.8, 4) is 0 Å². The lowest BCUT2D eigenvalue weighted by Crippen LogP contribution is -2.44. The van der Waals surface area contributed by atoms with Crippen molar-refractivity contribution in [1.29, 1.82) is 0 Å². The van der Waals surface area contributed by atoms with Crippen molar-refractivity contribution in [1.82, 2.24) is 5.32 Å². The van der Waals surface area contributed by atoms with Gasteiger partial charge in [-0.2, -0.15) is 0 Å². The van der Waals surface area contributed by atoms with Crippen LogP contribution in [-0.2, 0) is 16.0 Å². The number of carboxylic acid groups (broad SMARTS) is 1. The number of aryl methyl sites for hydroxylation is 1. The zero-order chi connectivity index (χ0) is 15.1. The lowest BCUT2D eigenvalue weighted by Gasteiger charge is -2.17. The van der Waals surface area contributed by atoms with E-state index < -0.39 is 12.0 Å². The number of amides is 1. The minimum atomic E-state index is -0.994. The van der Waals surface area contributed by atoms with E-state index >= 15 is 0 Å². The number of carbonyl (C=O) groups excluding carboxylic acids is 1. The molecule has 1 atom stereocenters. The molecule has 1 rings (SSSR count). The third-order valence-electron chi connectivity index (χ3n) is 3.03. The van der Waals surface area contributed by atoms with Gasteiger partial charge >= 0.3 is 5.97 Å². The molecule has 1 aromatic rings. The molecule has 1 aromatic carbocycles. The second kappa shape index (κ2) is 7.90. The third kappa shape index (κ3) is 5.61. The van der Waals surface area contributed by atoms with E-state index in [4.69, 9.17) is 16.7 Å². The second-order valence-electron chi connectivity index (χ2n) is 5.11. The first-order valence-electron chi connectivity index (χ1n) is 6.66. The van der Waals surface area contributed by atoms with Crippen LogP contribution < -0.4 is 5.32 Å². The first-order chi connectivity index (χ1) is 9.40. The lowest BCUT2D eigenvalue weighted by atomic mass is 10.0. The summed E-state index contributed by atoms with van der Waals surface area (Å²) in [6.07, 6.45) is 1.76. The summed E-state index contributed by atoms with van der Waals surface area (Å²) in [5.41, 5.74) is 1.11. The number of carbonyl (C=O) groups is 2. The van der Waals surface area contributed by atoms with Crippen molar-refractivity contribution >= 4 is 23.5 Å². The molecular weight excluding hydrogens is 278 g/mol. The van der Waals surface area contributed by atoms with Crippen molar-refractivity contribution in [3.05, 3.63) is 34.9 Å². The minimum Gasteiger partial charge on any atom is -0.480 e. The Hall–Kier alpha value is -1.55. The molecule has 0 aliphatic carbocycles. The molecule has 0 saturated heterocycles. The molecule has 5 heteroatoms. The number of halogens is 1. The molecule has 0 unspecified atom stereocenters. The summed E-state index contributed by atoms with van der Waals surface area (Å²) in [4.78, 5) is 22.7. The van der Waals surface area contributed by atoms with E-state index in [0.717, 1.165) is 12.0 Å². The van der Waals surface area contributed by atoms with Crippen molar-refractivity contribution in [3.63, 3.8) is 0 Å². The fraction of sp³-hybridized carbons (Fsp3) is 0.467. The largest absolute Gasteiger partial charge is 0.480 e. The summed E-state index contributed by atoms with van der Waals surface area (Å²) in [7, 11) is 0. The van der Waals surface area contributed by atoms with Gasteiger partial charge in [0.2, 0.25) is 5.91 Å². The molecule has 0 radical (unpaired) electrons. The maximum absolute atomic E-state index is 11.7. The van der Waals surface area contributed by atoms with E-state index in [9.17, 15) is 9.59 Å². The third-order valence-corrected chi connectivity index (χ3v) is 3.28. The van der Waals surface area contributed by atoms with Crippen molar-refractivity contribution < 1.29 is 14.7 Å². The Labute approximate surface area is 124 Å². The lowest BCUT2D eigenvalue weighted by molar-refractivity contribution is -0.143. The first-order valence-corrected chi connectivity index (χ1v) is 7.04. The average molecular weight is 298 g/mol. The van der Waals surface area contributed by atoms with E-state index in [1.165, 1.54) is 0 Å². The number of hydrogen-bond donors (Lipinski definition) is 2. The average Bonchev–Trinajstić information content (AvgIpc) is 2.37. The van der Waals surface area contributed by atoms with Crippen molar-refractivity contribution in [2.45, 2.75) is 39.2 Å². The van der Waals surface area contributed by atoms with Gasteiger partial charge in [-0.1, -0.05) is 37.6 Å². The number of aliphatic carboxylic acids is 1. The molecule has 0 bridgehead atoms. The minimum absolute atomic E-state index is 0.132. The molecule has 110 valence electrons. The van der Waals surface area contributed by atoms with Crippen LogP contribution in [0.1, 0.15) is 32.3 Å². The van der Waals surface area contributed by atoms with Gasteiger partial charge in [-0.05, 0) is 36.5 Å². The molecule has 1 amide bonds. The Morgan fingerprint density at radius 1 is 1.25 bits per heavy atom. The Balaban J connectivity index is 2.36. The van der Waals surface area contributed by atoms with E-state index in [1.54, 1.807) is 13.8 Å². The number of hydrogen-bond acceptors (Lipinski definition) is 2. The van der Waals surface area contributed by atoms with Crippen LogP contribution in [0.4, 0.5) is 0 Å². The zero-order valence-corrected chi connectivity index (χ0v) is 12.5. The van der Waals surface area contributed by atoms with Crippen LogP contribution in [-0.4, -0.2) is 23.0 Å². The zero-order valence-electron chi connectivity index (χ0n) is 11.7. The highest BCUT2D eigenvalue weighted by Gasteiger charge is 2.22. The molecule has 20 heavy (non-hydrogen) atoms. The molecule has 0 aliphatic rings. The van der Waals surface area contributed by atoms with Crippen LogP contribution in [0, 0.1) is 5.92 Å². The van der Waals surface area contributed by atoms with Gasteiger partial charge in [0.25, 0.3) is 0 Å². The summed E-state index contributed by atoms with van der Waals surface area (Å²) in [6, 6.07) is 6.66. The second-order valence-corrected chi connectivity index (χ2v) is 5.54. The standard InChI is InChI=1S/C15H20ClNO3/c1-10(2)14(15(19)20)17-13(18)5-3-4-11-6-8-12(16)9-7-11/h6-10,14H,3-5H2,1-2H3,(H,17,18)(H,19,20)/t14-/m0/s1.